The molecule has 20 heavy (non-hydrogen) atoms. The Labute approximate surface area is 124 Å². The van der Waals surface area contributed by atoms with Crippen LogP contribution in [0, 0.1) is 0 Å². The van der Waals surface area contributed by atoms with Gasteiger partial charge < -0.3 is 15.1 Å². The first-order valence-corrected chi connectivity index (χ1v) is 8.37. The lowest BCUT2D eigenvalue weighted by molar-refractivity contribution is -0.130. The van der Waals surface area contributed by atoms with Gasteiger partial charge in [-0.25, -0.2) is 0 Å². The van der Waals surface area contributed by atoms with Crippen molar-refractivity contribution in [2.75, 3.05) is 32.7 Å². The molecule has 0 aliphatic heterocycles. The smallest absolute Gasteiger partial charge is 0.236 e. The quantitative estimate of drug-likeness (QED) is 0.631. The van der Waals surface area contributed by atoms with Crippen LogP contribution < -0.4 is 5.32 Å². The molecular weight excluding hydrogens is 250 g/mol. The Bertz CT molecular complexity index is 275. The number of rotatable bonds is 11. The zero-order valence-corrected chi connectivity index (χ0v) is 13.8. The van der Waals surface area contributed by atoms with E-state index in [0.717, 1.165) is 32.6 Å². The fourth-order valence-corrected chi connectivity index (χ4v) is 2.65. The van der Waals surface area contributed by atoms with Crippen LogP contribution in [0.25, 0.3) is 0 Å². The van der Waals surface area contributed by atoms with Crippen molar-refractivity contribution in [3.05, 3.63) is 0 Å². The standard InChI is InChI=1S/C16H33N3O/c1-5-18(6-2)12-8-9-14(4)17-13-16(20)19(7-3)15-10-11-15/h14-15,17H,5-13H2,1-4H3. The van der Waals surface area contributed by atoms with Crippen LogP contribution in [-0.2, 0) is 4.79 Å². The summed E-state index contributed by atoms with van der Waals surface area (Å²) in [6.45, 7) is 13.4. The summed E-state index contributed by atoms with van der Waals surface area (Å²) in [6, 6.07) is 0.958. The Morgan fingerprint density at radius 1 is 1.20 bits per heavy atom. The molecule has 0 radical (unpaired) electrons. The highest BCUT2D eigenvalue weighted by molar-refractivity contribution is 5.78. The number of hydrogen-bond acceptors (Lipinski definition) is 3. The number of carbonyl (C=O) groups is 1. The number of hydrogen-bond donors (Lipinski definition) is 1. The molecule has 0 aromatic rings. The van der Waals surface area contributed by atoms with Gasteiger partial charge in [-0.15, -0.1) is 0 Å². The first-order valence-electron chi connectivity index (χ1n) is 8.37. The molecule has 1 atom stereocenters. The Balaban J connectivity index is 2.12. The SMILES string of the molecule is CCN(CC)CCCC(C)NCC(=O)N(CC)C1CC1. The molecule has 1 saturated carbocycles. The minimum atomic E-state index is 0.269. The highest BCUT2D eigenvalue weighted by Gasteiger charge is 2.30. The van der Waals surface area contributed by atoms with E-state index < -0.39 is 0 Å². The number of nitrogens with one attached hydrogen (secondary N) is 1. The number of likely N-dealkylation sites (N-methyl/N-ethyl adjacent to an activating group) is 1. The molecule has 0 saturated heterocycles. The third kappa shape index (κ3) is 6.23. The summed E-state index contributed by atoms with van der Waals surface area (Å²) in [6.07, 6.45) is 4.72. The molecule has 1 amide bonds. The molecule has 0 heterocycles. The van der Waals surface area contributed by atoms with E-state index in [9.17, 15) is 4.79 Å². The molecule has 0 aromatic carbocycles. The summed E-state index contributed by atoms with van der Waals surface area (Å²) >= 11 is 0. The molecule has 118 valence electrons. The fraction of sp³-hybridized carbons (Fsp3) is 0.938. The van der Waals surface area contributed by atoms with Gasteiger partial charge in [-0.3, -0.25) is 4.79 Å². The van der Waals surface area contributed by atoms with E-state index in [-0.39, 0.29) is 5.91 Å². The van der Waals surface area contributed by atoms with Crippen LogP contribution >= 0.6 is 0 Å². The van der Waals surface area contributed by atoms with E-state index in [1.54, 1.807) is 0 Å². The van der Waals surface area contributed by atoms with Crippen molar-refractivity contribution in [3.8, 4) is 0 Å². The first-order chi connectivity index (χ1) is 9.62. The van der Waals surface area contributed by atoms with E-state index in [1.165, 1.54) is 19.3 Å². The maximum atomic E-state index is 12.1. The summed E-state index contributed by atoms with van der Waals surface area (Å²) in [7, 11) is 0. The molecule has 4 nitrogen and oxygen atoms in total. The lowest BCUT2D eigenvalue weighted by atomic mass is 10.1. The second-order valence-corrected chi connectivity index (χ2v) is 5.86. The van der Waals surface area contributed by atoms with Crippen LogP contribution in [0.2, 0.25) is 0 Å². The zero-order valence-electron chi connectivity index (χ0n) is 13.8. The highest BCUT2D eigenvalue weighted by atomic mass is 16.2. The van der Waals surface area contributed by atoms with Crippen LogP contribution in [-0.4, -0.2) is 60.5 Å². The maximum Gasteiger partial charge on any atom is 0.236 e. The van der Waals surface area contributed by atoms with Gasteiger partial charge in [0.2, 0.25) is 5.91 Å². The van der Waals surface area contributed by atoms with Gasteiger partial charge in [0.05, 0.1) is 6.54 Å². The van der Waals surface area contributed by atoms with Crippen LogP contribution in [0.4, 0.5) is 0 Å². The third-order valence-corrected chi connectivity index (χ3v) is 4.26. The van der Waals surface area contributed by atoms with E-state index in [4.69, 9.17) is 0 Å². The molecule has 1 N–H and O–H groups in total. The number of amides is 1. The predicted molar refractivity (Wildman–Crippen MR) is 84.9 cm³/mol. The molecule has 1 aliphatic rings. The minimum absolute atomic E-state index is 0.269. The largest absolute Gasteiger partial charge is 0.339 e. The van der Waals surface area contributed by atoms with Gasteiger partial charge in [0.15, 0.2) is 0 Å². The third-order valence-electron chi connectivity index (χ3n) is 4.26. The van der Waals surface area contributed by atoms with E-state index >= 15 is 0 Å². The second kappa shape index (κ2) is 9.35. The van der Waals surface area contributed by atoms with E-state index in [0.29, 0.717) is 18.6 Å². The maximum absolute atomic E-state index is 12.1. The van der Waals surface area contributed by atoms with Crippen molar-refractivity contribution < 1.29 is 4.79 Å². The minimum Gasteiger partial charge on any atom is -0.339 e. The summed E-state index contributed by atoms with van der Waals surface area (Å²) in [5, 5.41) is 3.38. The predicted octanol–water partition coefficient (Wildman–Crippen LogP) is 2.10. The molecule has 0 spiro atoms. The molecule has 1 fully saturated rings. The summed E-state index contributed by atoms with van der Waals surface area (Å²) in [5.74, 6) is 0.269. The monoisotopic (exact) mass is 283 g/mol. The summed E-state index contributed by atoms with van der Waals surface area (Å²) in [4.78, 5) is 16.6. The first kappa shape index (κ1) is 17.4. The van der Waals surface area contributed by atoms with Crippen LogP contribution in [0.1, 0.15) is 53.4 Å². The van der Waals surface area contributed by atoms with Crippen molar-refractivity contribution in [2.45, 2.75) is 65.5 Å². The molecule has 4 heteroatoms. The van der Waals surface area contributed by atoms with Gasteiger partial charge in [0, 0.05) is 18.6 Å². The number of carbonyl (C=O) groups excluding carboxylic acids is 1. The van der Waals surface area contributed by atoms with Crippen LogP contribution in [0.5, 0.6) is 0 Å². The zero-order chi connectivity index (χ0) is 15.0. The van der Waals surface area contributed by atoms with Crippen molar-refractivity contribution in [3.63, 3.8) is 0 Å². The van der Waals surface area contributed by atoms with Gasteiger partial charge in [-0.05, 0) is 59.2 Å². The lowest BCUT2D eigenvalue weighted by Crippen LogP contribution is -2.42. The van der Waals surface area contributed by atoms with Gasteiger partial charge in [-0.2, -0.15) is 0 Å². The average Bonchev–Trinajstić information content (AvgIpc) is 3.27. The Morgan fingerprint density at radius 2 is 1.85 bits per heavy atom. The van der Waals surface area contributed by atoms with Crippen molar-refractivity contribution in [1.29, 1.82) is 0 Å². The normalized spacial score (nSPS) is 16.4. The topological polar surface area (TPSA) is 35.6 Å². The molecule has 1 aliphatic carbocycles. The Hall–Kier alpha value is -0.610. The lowest BCUT2D eigenvalue weighted by Gasteiger charge is -2.23. The Kier molecular flexibility index (Phi) is 8.15. The highest BCUT2D eigenvalue weighted by Crippen LogP contribution is 2.26. The van der Waals surface area contributed by atoms with Crippen LogP contribution in [0.15, 0.2) is 0 Å². The summed E-state index contributed by atoms with van der Waals surface area (Å²) < 4.78 is 0. The van der Waals surface area contributed by atoms with E-state index in [2.05, 4.69) is 37.9 Å². The fourth-order valence-electron chi connectivity index (χ4n) is 2.65. The van der Waals surface area contributed by atoms with Crippen LogP contribution in [0.3, 0.4) is 0 Å². The van der Waals surface area contributed by atoms with Gasteiger partial charge in [0.1, 0.15) is 0 Å². The van der Waals surface area contributed by atoms with Crippen molar-refractivity contribution in [2.24, 2.45) is 0 Å². The van der Waals surface area contributed by atoms with Gasteiger partial charge in [0.25, 0.3) is 0 Å². The molecule has 0 aromatic heterocycles. The van der Waals surface area contributed by atoms with Gasteiger partial charge in [-0.1, -0.05) is 13.8 Å². The van der Waals surface area contributed by atoms with Gasteiger partial charge >= 0.3 is 0 Å². The van der Waals surface area contributed by atoms with Crippen molar-refractivity contribution in [1.82, 2.24) is 15.1 Å². The van der Waals surface area contributed by atoms with E-state index in [1.807, 2.05) is 4.90 Å². The molecule has 0 bridgehead atoms. The average molecular weight is 283 g/mol. The summed E-state index contributed by atoms with van der Waals surface area (Å²) in [5.41, 5.74) is 0. The number of nitrogens with zero attached hydrogens (tertiary/aromatic N) is 2. The molecular formula is C16H33N3O. The molecule has 1 unspecified atom stereocenters. The second-order valence-electron chi connectivity index (χ2n) is 5.86. The molecule has 1 rings (SSSR count). The Morgan fingerprint density at radius 3 is 2.35 bits per heavy atom. The van der Waals surface area contributed by atoms with Crippen molar-refractivity contribution >= 4 is 5.91 Å².